The maximum absolute atomic E-state index is 6.40. The number of hydrogen-bond acceptors (Lipinski definition) is 4. The Kier molecular flexibility index (Phi) is 5.47. The minimum Gasteiger partial charge on any atom is -0.490 e. The molecule has 0 spiro atoms. The first-order chi connectivity index (χ1) is 15.1. The largest absolute Gasteiger partial charge is 0.490 e. The van der Waals surface area contributed by atoms with Gasteiger partial charge in [0.05, 0.1) is 11.8 Å². The fourth-order valence-corrected chi connectivity index (χ4v) is 4.48. The number of hydrazone groups is 1. The smallest absolute Gasteiger partial charge is 0.213 e. The molecule has 3 aromatic rings. The molecule has 0 bridgehead atoms. The molecule has 6 heteroatoms. The van der Waals surface area contributed by atoms with Crippen LogP contribution in [0.4, 0.5) is 0 Å². The van der Waals surface area contributed by atoms with Gasteiger partial charge in [-0.2, -0.15) is 5.10 Å². The Labute approximate surface area is 194 Å². The van der Waals surface area contributed by atoms with Crippen LogP contribution >= 0.6 is 27.5 Å². The highest BCUT2D eigenvalue weighted by Crippen LogP contribution is 2.48. The number of fused-ring (bicyclic) bond motifs is 3. The monoisotopic (exact) mass is 494 g/mol. The molecule has 0 amide bonds. The molecule has 0 saturated heterocycles. The Balaban J connectivity index is 1.51. The summed E-state index contributed by atoms with van der Waals surface area (Å²) in [6.45, 7) is 4.17. The fourth-order valence-electron chi connectivity index (χ4n) is 3.98. The molecule has 0 radical (unpaired) electrons. The van der Waals surface area contributed by atoms with Gasteiger partial charge in [-0.05, 0) is 60.2 Å². The summed E-state index contributed by atoms with van der Waals surface area (Å²) < 4.78 is 13.0. The van der Waals surface area contributed by atoms with E-state index in [2.05, 4.69) is 45.7 Å². The molecule has 0 fully saturated rings. The average Bonchev–Trinajstić information content (AvgIpc) is 3.24. The van der Waals surface area contributed by atoms with Gasteiger partial charge in [-0.15, -0.1) is 0 Å². The molecular weight excluding hydrogens is 476 g/mol. The van der Waals surface area contributed by atoms with Crippen molar-refractivity contribution >= 4 is 33.2 Å². The van der Waals surface area contributed by atoms with E-state index in [1.807, 2.05) is 48.5 Å². The first kappa shape index (κ1) is 20.2. The molecule has 0 unspecified atom stereocenters. The third-order valence-corrected chi connectivity index (χ3v) is 6.21. The van der Waals surface area contributed by atoms with E-state index in [-0.39, 0.29) is 12.3 Å². The molecule has 31 heavy (non-hydrogen) atoms. The van der Waals surface area contributed by atoms with Crippen molar-refractivity contribution in [2.45, 2.75) is 18.7 Å². The Morgan fingerprint density at radius 3 is 2.65 bits per heavy atom. The molecule has 0 aliphatic carbocycles. The second kappa shape index (κ2) is 8.40. The van der Waals surface area contributed by atoms with E-state index in [0.717, 1.165) is 44.8 Å². The van der Waals surface area contributed by atoms with E-state index in [4.69, 9.17) is 26.2 Å². The molecular formula is C25H20BrClN2O2. The van der Waals surface area contributed by atoms with Crippen molar-refractivity contribution < 1.29 is 9.47 Å². The zero-order valence-electron chi connectivity index (χ0n) is 16.7. The van der Waals surface area contributed by atoms with Gasteiger partial charge in [0.2, 0.25) is 6.23 Å². The van der Waals surface area contributed by atoms with Crippen molar-refractivity contribution in [3.8, 4) is 11.5 Å². The van der Waals surface area contributed by atoms with Crippen LogP contribution in [-0.4, -0.2) is 17.3 Å². The lowest BCUT2D eigenvalue weighted by atomic mass is 9.96. The lowest BCUT2D eigenvalue weighted by molar-refractivity contribution is -0.0190. The summed E-state index contributed by atoms with van der Waals surface area (Å²) in [4.78, 5) is 0. The van der Waals surface area contributed by atoms with Gasteiger partial charge in [-0.25, -0.2) is 5.01 Å². The molecule has 2 atom stereocenters. The summed E-state index contributed by atoms with van der Waals surface area (Å²) >= 11 is 9.70. The predicted molar refractivity (Wildman–Crippen MR) is 127 cm³/mol. The van der Waals surface area contributed by atoms with Gasteiger partial charge >= 0.3 is 0 Å². The van der Waals surface area contributed by atoms with E-state index >= 15 is 0 Å². The minimum absolute atomic E-state index is 0.0913. The predicted octanol–water partition coefficient (Wildman–Crippen LogP) is 6.91. The molecule has 3 aromatic carbocycles. The van der Waals surface area contributed by atoms with Gasteiger partial charge < -0.3 is 9.47 Å². The number of rotatable bonds is 5. The molecule has 0 saturated carbocycles. The van der Waals surface area contributed by atoms with Crippen LogP contribution < -0.4 is 9.47 Å². The normalized spacial score (nSPS) is 19.2. The maximum atomic E-state index is 6.40. The van der Waals surface area contributed by atoms with Gasteiger partial charge in [-0.3, -0.25) is 0 Å². The lowest BCUT2D eigenvalue weighted by Gasteiger charge is -2.38. The standard InChI is InChI=1S/C25H20BrClN2O2/c1-2-13-30-20-10-5-16(6-11-20)22-15-23-21-14-18(26)7-12-24(21)31-25(29(23)28-22)17-3-8-19(27)9-4-17/h2-12,14,23,25H,1,13,15H2/t23-,25+/m1/s1. The lowest BCUT2D eigenvalue weighted by Crippen LogP contribution is -2.33. The summed E-state index contributed by atoms with van der Waals surface area (Å²) in [5, 5.41) is 7.76. The molecule has 0 aromatic heterocycles. The molecule has 4 nitrogen and oxygen atoms in total. The zero-order chi connectivity index (χ0) is 21.4. The number of nitrogens with zero attached hydrogens (tertiary/aromatic N) is 2. The first-order valence-corrected chi connectivity index (χ1v) is 11.2. The van der Waals surface area contributed by atoms with Crippen LogP contribution in [0.25, 0.3) is 0 Å². The second-order valence-corrected chi connectivity index (χ2v) is 8.83. The number of hydrogen-bond donors (Lipinski definition) is 0. The van der Waals surface area contributed by atoms with Crippen LogP contribution in [0.1, 0.15) is 35.4 Å². The van der Waals surface area contributed by atoms with Gasteiger partial charge in [0.15, 0.2) is 0 Å². The van der Waals surface area contributed by atoms with Crippen LogP contribution in [0.15, 0.2) is 89.0 Å². The topological polar surface area (TPSA) is 34.1 Å². The van der Waals surface area contributed by atoms with Crippen molar-refractivity contribution in [3.63, 3.8) is 0 Å². The molecule has 0 N–H and O–H groups in total. The Morgan fingerprint density at radius 2 is 1.90 bits per heavy atom. The summed E-state index contributed by atoms with van der Waals surface area (Å²) in [5.41, 5.74) is 4.24. The highest BCUT2D eigenvalue weighted by atomic mass is 79.9. The van der Waals surface area contributed by atoms with Crippen LogP contribution in [0.2, 0.25) is 5.02 Å². The Bertz CT molecular complexity index is 1150. The van der Waals surface area contributed by atoms with Crippen LogP contribution in [0.3, 0.4) is 0 Å². The van der Waals surface area contributed by atoms with Crippen LogP contribution in [-0.2, 0) is 0 Å². The minimum atomic E-state index is -0.316. The molecule has 2 aliphatic rings. The molecule has 156 valence electrons. The quantitative estimate of drug-likeness (QED) is 0.361. The van der Waals surface area contributed by atoms with Crippen molar-refractivity contribution in [2.75, 3.05) is 6.61 Å². The molecule has 2 aliphatic heterocycles. The number of benzene rings is 3. The van der Waals surface area contributed by atoms with E-state index in [0.29, 0.717) is 11.6 Å². The highest BCUT2D eigenvalue weighted by molar-refractivity contribution is 9.10. The summed E-state index contributed by atoms with van der Waals surface area (Å²) in [5.74, 6) is 1.70. The van der Waals surface area contributed by atoms with Crippen LogP contribution in [0.5, 0.6) is 11.5 Å². The van der Waals surface area contributed by atoms with Crippen molar-refractivity contribution in [2.24, 2.45) is 5.10 Å². The van der Waals surface area contributed by atoms with Gasteiger partial charge in [0, 0.05) is 27.0 Å². The first-order valence-electron chi connectivity index (χ1n) is 10.0. The summed E-state index contributed by atoms with van der Waals surface area (Å²) in [6, 6.07) is 22.0. The van der Waals surface area contributed by atoms with E-state index in [1.54, 1.807) is 6.08 Å². The SMILES string of the molecule is C=CCOc1ccc(C2=NN3[C@H](C2)c2cc(Br)ccc2O[C@H]3c2ccc(Cl)cc2)cc1. The third-order valence-electron chi connectivity index (χ3n) is 5.46. The van der Waals surface area contributed by atoms with Crippen LogP contribution in [0, 0.1) is 0 Å². The summed E-state index contributed by atoms with van der Waals surface area (Å²) in [7, 11) is 0. The maximum Gasteiger partial charge on any atom is 0.213 e. The average molecular weight is 496 g/mol. The zero-order valence-corrected chi connectivity index (χ0v) is 19.0. The summed E-state index contributed by atoms with van der Waals surface area (Å²) in [6.07, 6.45) is 2.21. The van der Waals surface area contributed by atoms with Gasteiger partial charge in [-0.1, -0.05) is 52.3 Å². The molecule has 5 rings (SSSR count). The Hall–Kier alpha value is -2.76. The Morgan fingerprint density at radius 1 is 1.13 bits per heavy atom. The number of ether oxygens (including phenoxy) is 2. The third kappa shape index (κ3) is 3.95. The number of halogens is 2. The van der Waals surface area contributed by atoms with Gasteiger partial charge in [0.25, 0.3) is 0 Å². The van der Waals surface area contributed by atoms with Gasteiger partial charge in [0.1, 0.15) is 18.1 Å². The molecule has 2 heterocycles. The fraction of sp³-hybridized carbons (Fsp3) is 0.160. The van der Waals surface area contributed by atoms with E-state index in [1.165, 1.54) is 0 Å². The van der Waals surface area contributed by atoms with E-state index < -0.39 is 0 Å². The van der Waals surface area contributed by atoms with Crippen molar-refractivity contribution in [1.82, 2.24) is 5.01 Å². The second-order valence-electron chi connectivity index (χ2n) is 7.47. The van der Waals surface area contributed by atoms with E-state index in [9.17, 15) is 0 Å². The highest BCUT2D eigenvalue weighted by Gasteiger charge is 2.41. The van der Waals surface area contributed by atoms with Crippen molar-refractivity contribution in [1.29, 1.82) is 0 Å². The van der Waals surface area contributed by atoms with Crippen molar-refractivity contribution in [3.05, 3.63) is 106 Å².